The highest BCUT2D eigenvalue weighted by atomic mass is 16.5. The number of nitrogens with two attached hydrogens (primary N) is 1. The van der Waals surface area contributed by atoms with E-state index in [2.05, 4.69) is 4.90 Å². The number of morpholine rings is 1. The maximum atomic E-state index is 12.4. The van der Waals surface area contributed by atoms with Gasteiger partial charge in [-0.3, -0.25) is 9.69 Å². The lowest BCUT2D eigenvalue weighted by atomic mass is 10.1. The Morgan fingerprint density at radius 1 is 1.15 bits per heavy atom. The van der Waals surface area contributed by atoms with Crippen molar-refractivity contribution < 1.29 is 9.53 Å². The fourth-order valence-corrected chi connectivity index (χ4v) is 3.78. The second kappa shape index (κ2) is 6.41. The average molecular weight is 281 g/mol. The van der Waals surface area contributed by atoms with Gasteiger partial charge in [0.2, 0.25) is 5.91 Å². The molecule has 0 aromatic heterocycles. The first-order valence-electron chi connectivity index (χ1n) is 8.13. The highest BCUT2D eigenvalue weighted by Crippen LogP contribution is 2.28. The van der Waals surface area contributed by atoms with E-state index < -0.39 is 0 Å². The smallest absolute Gasteiger partial charge is 0.224 e. The molecule has 3 fully saturated rings. The van der Waals surface area contributed by atoms with Gasteiger partial charge in [0.05, 0.1) is 12.2 Å². The third kappa shape index (κ3) is 3.15. The van der Waals surface area contributed by atoms with Crippen LogP contribution in [-0.2, 0) is 9.53 Å². The zero-order valence-electron chi connectivity index (χ0n) is 12.3. The third-order valence-corrected chi connectivity index (χ3v) is 4.98. The van der Waals surface area contributed by atoms with Gasteiger partial charge in [-0.05, 0) is 32.1 Å². The average Bonchev–Trinajstić information content (AvgIpc) is 2.83. The molecular formula is C15H27N3O2. The predicted octanol–water partition coefficient (Wildman–Crippen LogP) is 0.580. The number of nitrogens with zero attached hydrogens (tertiary/aromatic N) is 2. The Labute approximate surface area is 121 Å². The van der Waals surface area contributed by atoms with Gasteiger partial charge in [-0.15, -0.1) is 0 Å². The van der Waals surface area contributed by atoms with Crippen molar-refractivity contribution in [2.75, 3.05) is 32.7 Å². The number of carbonyl (C=O) groups is 1. The Morgan fingerprint density at radius 2 is 1.80 bits per heavy atom. The van der Waals surface area contributed by atoms with E-state index in [9.17, 15) is 4.79 Å². The lowest BCUT2D eigenvalue weighted by molar-refractivity contribution is -0.134. The quantitative estimate of drug-likeness (QED) is 0.819. The van der Waals surface area contributed by atoms with Crippen molar-refractivity contribution >= 4 is 5.91 Å². The first-order valence-corrected chi connectivity index (χ1v) is 8.13. The Balaban J connectivity index is 1.54. The fourth-order valence-electron chi connectivity index (χ4n) is 3.78. The molecule has 0 spiro atoms. The zero-order chi connectivity index (χ0) is 13.9. The minimum atomic E-state index is 0.191. The molecule has 0 radical (unpaired) electrons. The van der Waals surface area contributed by atoms with E-state index in [4.69, 9.17) is 10.5 Å². The van der Waals surface area contributed by atoms with Crippen LogP contribution in [0.3, 0.4) is 0 Å². The molecule has 1 amide bonds. The van der Waals surface area contributed by atoms with Crippen LogP contribution in [0.4, 0.5) is 0 Å². The summed E-state index contributed by atoms with van der Waals surface area (Å²) in [5.74, 6) is 0.291. The summed E-state index contributed by atoms with van der Waals surface area (Å²) >= 11 is 0. The number of rotatable bonds is 4. The highest BCUT2D eigenvalue weighted by Gasteiger charge is 2.37. The molecule has 0 aromatic carbocycles. The number of fused-ring (bicyclic) bond motifs is 2. The fraction of sp³-hybridized carbons (Fsp3) is 0.933. The van der Waals surface area contributed by atoms with Crippen molar-refractivity contribution in [1.82, 2.24) is 9.80 Å². The summed E-state index contributed by atoms with van der Waals surface area (Å²) in [6.07, 6.45) is 7.21. The van der Waals surface area contributed by atoms with Crippen molar-refractivity contribution in [3.05, 3.63) is 0 Å². The van der Waals surface area contributed by atoms with Crippen molar-refractivity contribution in [2.45, 2.75) is 56.8 Å². The molecule has 2 N–H and O–H groups in total. The zero-order valence-corrected chi connectivity index (χ0v) is 12.3. The molecule has 2 bridgehead atoms. The van der Waals surface area contributed by atoms with Crippen LogP contribution in [0, 0.1) is 0 Å². The lowest BCUT2D eigenvalue weighted by Crippen LogP contribution is -2.52. The van der Waals surface area contributed by atoms with Crippen molar-refractivity contribution in [3.8, 4) is 0 Å². The molecule has 0 saturated carbocycles. The molecular weight excluding hydrogens is 254 g/mol. The summed E-state index contributed by atoms with van der Waals surface area (Å²) in [5, 5.41) is 0. The number of likely N-dealkylation sites (tertiary alicyclic amines) is 2. The Kier molecular flexibility index (Phi) is 4.58. The third-order valence-electron chi connectivity index (χ3n) is 4.98. The van der Waals surface area contributed by atoms with Crippen LogP contribution in [0.15, 0.2) is 0 Å². The van der Waals surface area contributed by atoms with E-state index >= 15 is 0 Å². The Bertz CT molecular complexity index is 332. The molecule has 3 atom stereocenters. The van der Waals surface area contributed by atoms with Crippen molar-refractivity contribution in [1.29, 1.82) is 0 Å². The van der Waals surface area contributed by atoms with Crippen LogP contribution < -0.4 is 5.73 Å². The predicted molar refractivity (Wildman–Crippen MR) is 77.4 cm³/mol. The van der Waals surface area contributed by atoms with Crippen LogP contribution in [0.5, 0.6) is 0 Å². The van der Waals surface area contributed by atoms with Gasteiger partial charge < -0.3 is 15.4 Å². The van der Waals surface area contributed by atoms with Gasteiger partial charge in [-0.1, -0.05) is 0 Å². The Hall–Kier alpha value is -0.650. The van der Waals surface area contributed by atoms with Crippen LogP contribution >= 0.6 is 0 Å². The lowest BCUT2D eigenvalue weighted by Gasteiger charge is -2.38. The summed E-state index contributed by atoms with van der Waals surface area (Å²) in [7, 11) is 0. The van der Waals surface area contributed by atoms with E-state index in [-0.39, 0.29) is 6.04 Å². The maximum Gasteiger partial charge on any atom is 0.224 e. The molecule has 3 aliphatic heterocycles. The second-order valence-corrected chi connectivity index (χ2v) is 6.45. The number of hydrogen-bond donors (Lipinski definition) is 1. The number of hydrogen-bond acceptors (Lipinski definition) is 4. The van der Waals surface area contributed by atoms with Crippen LogP contribution in [0.1, 0.15) is 38.5 Å². The van der Waals surface area contributed by atoms with Crippen molar-refractivity contribution in [2.24, 2.45) is 5.73 Å². The minimum absolute atomic E-state index is 0.191. The minimum Gasteiger partial charge on any atom is -0.372 e. The van der Waals surface area contributed by atoms with Crippen molar-refractivity contribution in [3.63, 3.8) is 0 Å². The van der Waals surface area contributed by atoms with Gasteiger partial charge in [0.15, 0.2) is 0 Å². The normalized spacial score (nSPS) is 32.4. The SMILES string of the molecule is NCC(CC(=O)N1CCCCC1)N1CC2CCC(C1)O2. The van der Waals surface area contributed by atoms with Crippen LogP contribution in [0.2, 0.25) is 0 Å². The summed E-state index contributed by atoms with van der Waals surface area (Å²) < 4.78 is 5.87. The summed E-state index contributed by atoms with van der Waals surface area (Å²) in [6.45, 7) is 4.34. The van der Waals surface area contributed by atoms with Gasteiger partial charge in [-0.2, -0.15) is 0 Å². The number of amides is 1. The molecule has 20 heavy (non-hydrogen) atoms. The highest BCUT2D eigenvalue weighted by molar-refractivity contribution is 5.77. The molecule has 0 aromatic rings. The summed E-state index contributed by atoms with van der Waals surface area (Å²) in [4.78, 5) is 16.8. The molecule has 3 aliphatic rings. The van der Waals surface area contributed by atoms with Crippen LogP contribution in [0.25, 0.3) is 0 Å². The summed E-state index contributed by atoms with van der Waals surface area (Å²) in [5.41, 5.74) is 5.94. The summed E-state index contributed by atoms with van der Waals surface area (Å²) in [6, 6.07) is 0.191. The number of piperidine rings is 1. The largest absolute Gasteiger partial charge is 0.372 e. The van der Waals surface area contributed by atoms with E-state index in [1.807, 2.05) is 4.90 Å². The van der Waals surface area contributed by atoms with Gasteiger partial charge in [0, 0.05) is 45.2 Å². The van der Waals surface area contributed by atoms with E-state index in [0.717, 1.165) is 39.0 Å². The maximum absolute atomic E-state index is 12.4. The molecule has 5 heteroatoms. The molecule has 3 unspecified atom stereocenters. The van der Waals surface area contributed by atoms with E-state index in [1.54, 1.807) is 0 Å². The van der Waals surface area contributed by atoms with Gasteiger partial charge >= 0.3 is 0 Å². The molecule has 3 rings (SSSR count). The monoisotopic (exact) mass is 281 g/mol. The molecule has 114 valence electrons. The Morgan fingerprint density at radius 3 is 2.40 bits per heavy atom. The molecule has 3 heterocycles. The first kappa shape index (κ1) is 14.3. The number of carbonyl (C=O) groups excluding carboxylic acids is 1. The van der Waals surface area contributed by atoms with Gasteiger partial charge in [0.25, 0.3) is 0 Å². The molecule has 5 nitrogen and oxygen atoms in total. The first-order chi connectivity index (χ1) is 9.76. The molecule has 3 saturated heterocycles. The topological polar surface area (TPSA) is 58.8 Å². The van der Waals surface area contributed by atoms with Gasteiger partial charge in [-0.25, -0.2) is 0 Å². The van der Waals surface area contributed by atoms with Crippen LogP contribution in [-0.4, -0.2) is 66.7 Å². The van der Waals surface area contributed by atoms with E-state index in [0.29, 0.717) is 31.1 Å². The second-order valence-electron chi connectivity index (χ2n) is 6.45. The number of ether oxygens (including phenoxy) is 1. The van der Waals surface area contributed by atoms with Gasteiger partial charge in [0.1, 0.15) is 0 Å². The molecule has 0 aliphatic carbocycles. The standard InChI is InChI=1S/C15H27N3O2/c16-9-12(8-15(19)17-6-2-1-3-7-17)18-10-13-4-5-14(11-18)20-13/h12-14H,1-11,16H2. The van der Waals surface area contributed by atoms with E-state index in [1.165, 1.54) is 19.3 Å².